The maximum absolute atomic E-state index is 9.90. The molecule has 0 spiro atoms. The lowest BCUT2D eigenvalue weighted by atomic mass is 9.79. The van der Waals surface area contributed by atoms with Gasteiger partial charge in [-0.2, -0.15) is 0 Å². The van der Waals surface area contributed by atoms with E-state index in [4.69, 9.17) is 0 Å². The van der Waals surface area contributed by atoms with Crippen LogP contribution in [-0.4, -0.2) is 10.8 Å². The van der Waals surface area contributed by atoms with Crippen LogP contribution < -0.4 is 0 Å². The number of aromatic hydroxyl groups is 1. The van der Waals surface area contributed by atoms with E-state index in [9.17, 15) is 5.11 Å². The first-order valence-corrected chi connectivity index (χ1v) is 5.83. The summed E-state index contributed by atoms with van der Waals surface area (Å²) in [5.74, 6) is 0.339. The molecular weight excluding hydrogens is 210 g/mol. The molecule has 2 nitrogen and oxygen atoms in total. The van der Waals surface area contributed by atoms with E-state index in [0.29, 0.717) is 5.75 Å². The Kier molecular flexibility index (Phi) is 1.88. The van der Waals surface area contributed by atoms with Crippen molar-refractivity contribution >= 4 is 22.2 Å². The normalized spacial score (nSPS) is 17.0. The van der Waals surface area contributed by atoms with Crippen LogP contribution in [0, 0.1) is 0 Å². The monoisotopic (exact) mass is 225 g/mol. The van der Waals surface area contributed by atoms with Gasteiger partial charge in [0.1, 0.15) is 5.75 Å². The minimum Gasteiger partial charge on any atom is -0.507 e. The topological polar surface area (TPSA) is 32.6 Å². The summed E-state index contributed by atoms with van der Waals surface area (Å²) < 4.78 is 0. The Bertz CT molecular complexity index is 653. The van der Waals surface area contributed by atoms with Crippen molar-refractivity contribution in [3.63, 3.8) is 0 Å². The van der Waals surface area contributed by atoms with E-state index < -0.39 is 0 Å². The molecule has 0 aliphatic carbocycles. The molecule has 2 aromatic carbocycles. The molecule has 0 unspecified atom stereocenters. The molecule has 0 radical (unpaired) electrons. The van der Waals surface area contributed by atoms with Gasteiger partial charge < -0.3 is 5.11 Å². The van der Waals surface area contributed by atoms with Crippen LogP contribution in [0.3, 0.4) is 0 Å². The molecule has 0 atom stereocenters. The standard InChI is InChI=1S/C15H15NO/c1-9-15(2,3)14-11-5-4-6-13(17)10(11)7-8-12(14)16-9/h4-8,17H,1-3H3. The van der Waals surface area contributed by atoms with Crippen molar-refractivity contribution in [2.45, 2.75) is 26.2 Å². The third kappa shape index (κ3) is 1.24. The molecule has 17 heavy (non-hydrogen) atoms. The van der Waals surface area contributed by atoms with Crippen LogP contribution in [0.4, 0.5) is 5.69 Å². The quantitative estimate of drug-likeness (QED) is 0.724. The van der Waals surface area contributed by atoms with E-state index >= 15 is 0 Å². The van der Waals surface area contributed by atoms with Crippen LogP contribution in [0.1, 0.15) is 26.3 Å². The van der Waals surface area contributed by atoms with Crippen molar-refractivity contribution in [3.8, 4) is 5.75 Å². The smallest absolute Gasteiger partial charge is 0.123 e. The molecule has 2 heteroatoms. The van der Waals surface area contributed by atoms with Crippen LogP contribution in [-0.2, 0) is 5.41 Å². The van der Waals surface area contributed by atoms with Gasteiger partial charge in [0.05, 0.1) is 5.69 Å². The molecule has 1 aliphatic rings. The molecule has 0 saturated carbocycles. The zero-order valence-corrected chi connectivity index (χ0v) is 10.3. The summed E-state index contributed by atoms with van der Waals surface area (Å²) in [5.41, 5.74) is 3.33. The van der Waals surface area contributed by atoms with E-state index in [-0.39, 0.29) is 5.41 Å². The first-order chi connectivity index (χ1) is 8.01. The average molecular weight is 225 g/mol. The summed E-state index contributed by atoms with van der Waals surface area (Å²) in [6.45, 7) is 6.43. The minimum absolute atomic E-state index is 0.0529. The maximum atomic E-state index is 9.90. The zero-order valence-electron chi connectivity index (χ0n) is 10.3. The van der Waals surface area contributed by atoms with E-state index in [2.05, 4.69) is 31.8 Å². The Hall–Kier alpha value is -1.83. The average Bonchev–Trinajstić information content (AvgIpc) is 2.50. The highest BCUT2D eigenvalue weighted by Crippen LogP contribution is 2.45. The van der Waals surface area contributed by atoms with Gasteiger partial charge in [-0.25, -0.2) is 0 Å². The SMILES string of the molecule is CC1=Nc2ccc3c(O)cccc3c2C1(C)C. The summed E-state index contributed by atoms with van der Waals surface area (Å²) in [6.07, 6.45) is 0. The first kappa shape index (κ1) is 10.3. The predicted molar refractivity (Wildman–Crippen MR) is 71.4 cm³/mol. The molecule has 1 aliphatic heterocycles. The highest BCUT2D eigenvalue weighted by molar-refractivity contribution is 6.07. The molecular formula is C15H15NO. The van der Waals surface area contributed by atoms with Gasteiger partial charge >= 0.3 is 0 Å². The first-order valence-electron chi connectivity index (χ1n) is 5.83. The van der Waals surface area contributed by atoms with Crippen LogP contribution in [0.15, 0.2) is 35.3 Å². The van der Waals surface area contributed by atoms with Gasteiger partial charge in [0.15, 0.2) is 0 Å². The number of hydrogen-bond donors (Lipinski definition) is 1. The van der Waals surface area contributed by atoms with Crippen LogP contribution in [0.5, 0.6) is 5.75 Å². The Labute approximate surface area is 101 Å². The number of aliphatic imine (C=N–C) groups is 1. The second-order valence-electron chi connectivity index (χ2n) is 5.15. The number of hydrogen-bond acceptors (Lipinski definition) is 2. The number of benzene rings is 2. The Morgan fingerprint density at radius 3 is 2.59 bits per heavy atom. The van der Waals surface area contributed by atoms with Crippen LogP contribution in [0.25, 0.3) is 10.8 Å². The van der Waals surface area contributed by atoms with Crippen molar-refractivity contribution in [1.82, 2.24) is 0 Å². The summed E-state index contributed by atoms with van der Waals surface area (Å²) in [4.78, 5) is 4.62. The second kappa shape index (κ2) is 3.10. The Morgan fingerprint density at radius 1 is 1.06 bits per heavy atom. The fourth-order valence-corrected chi connectivity index (χ4v) is 2.58. The largest absolute Gasteiger partial charge is 0.507 e. The van der Waals surface area contributed by atoms with E-state index in [1.54, 1.807) is 6.07 Å². The van der Waals surface area contributed by atoms with E-state index in [0.717, 1.165) is 22.2 Å². The fraction of sp³-hybridized carbons (Fsp3) is 0.267. The molecule has 0 fully saturated rings. The molecule has 2 aromatic rings. The van der Waals surface area contributed by atoms with E-state index in [1.165, 1.54) is 5.56 Å². The number of rotatable bonds is 0. The van der Waals surface area contributed by atoms with Gasteiger partial charge in [0.25, 0.3) is 0 Å². The van der Waals surface area contributed by atoms with Crippen LogP contribution >= 0.6 is 0 Å². The number of phenolic OH excluding ortho intramolecular Hbond substituents is 1. The fourth-order valence-electron chi connectivity index (χ4n) is 2.58. The third-order valence-electron chi connectivity index (χ3n) is 3.83. The van der Waals surface area contributed by atoms with Gasteiger partial charge in [-0.05, 0) is 36.1 Å². The van der Waals surface area contributed by atoms with Gasteiger partial charge in [0, 0.05) is 16.5 Å². The molecule has 86 valence electrons. The Balaban J connectivity index is 2.46. The maximum Gasteiger partial charge on any atom is 0.123 e. The molecule has 1 N–H and O–H groups in total. The molecule has 0 amide bonds. The third-order valence-corrected chi connectivity index (χ3v) is 3.83. The number of phenols is 1. The van der Waals surface area contributed by atoms with E-state index in [1.807, 2.05) is 18.2 Å². The summed E-state index contributed by atoms with van der Waals surface area (Å²) in [6, 6.07) is 9.62. The van der Waals surface area contributed by atoms with Crippen molar-refractivity contribution in [1.29, 1.82) is 0 Å². The van der Waals surface area contributed by atoms with Crippen LogP contribution in [0.2, 0.25) is 0 Å². The molecule has 1 heterocycles. The number of nitrogens with zero attached hydrogens (tertiary/aromatic N) is 1. The van der Waals surface area contributed by atoms with Crippen molar-refractivity contribution in [2.24, 2.45) is 4.99 Å². The van der Waals surface area contributed by atoms with Gasteiger partial charge in [-0.1, -0.05) is 26.0 Å². The lowest BCUT2D eigenvalue weighted by molar-refractivity contribution is 0.481. The predicted octanol–water partition coefficient (Wildman–Crippen LogP) is 3.93. The van der Waals surface area contributed by atoms with Gasteiger partial charge in [0.2, 0.25) is 0 Å². The highest BCUT2D eigenvalue weighted by Gasteiger charge is 2.33. The zero-order chi connectivity index (χ0) is 12.2. The lowest BCUT2D eigenvalue weighted by Gasteiger charge is -2.21. The molecule has 0 saturated heterocycles. The lowest BCUT2D eigenvalue weighted by Crippen LogP contribution is -2.22. The molecule has 3 rings (SSSR count). The Morgan fingerprint density at radius 2 is 1.82 bits per heavy atom. The van der Waals surface area contributed by atoms with Gasteiger partial charge in [-0.15, -0.1) is 0 Å². The summed E-state index contributed by atoms with van der Waals surface area (Å²) in [7, 11) is 0. The minimum atomic E-state index is -0.0529. The summed E-state index contributed by atoms with van der Waals surface area (Å²) >= 11 is 0. The van der Waals surface area contributed by atoms with Gasteiger partial charge in [-0.3, -0.25) is 4.99 Å². The molecule has 0 aromatic heterocycles. The summed E-state index contributed by atoms with van der Waals surface area (Å²) in [5, 5.41) is 11.9. The van der Waals surface area contributed by atoms with Crippen molar-refractivity contribution in [3.05, 3.63) is 35.9 Å². The molecule has 0 bridgehead atoms. The second-order valence-corrected chi connectivity index (χ2v) is 5.15. The van der Waals surface area contributed by atoms with Crippen molar-refractivity contribution < 1.29 is 5.11 Å². The van der Waals surface area contributed by atoms with Crippen molar-refractivity contribution in [2.75, 3.05) is 0 Å². The highest BCUT2D eigenvalue weighted by atomic mass is 16.3. The number of fused-ring (bicyclic) bond motifs is 3.